The molecule has 0 aromatic carbocycles. The van der Waals surface area contributed by atoms with Crippen LogP contribution in [-0.2, 0) is 11.3 Å². The molecule has 0 saturated heterocycles. The van der Waals surface area contributed by atoms with E-state index in [0.29, 0.717) is 25.5 Å². The van der Waals surface area contributed by atoms with E-state index in [9.17, 15) is 9.59 Å². The van der Waals surface area contributed by atoms with Crippen molar-refractivity contribution in [2.75, 3.05) is 13.2 Å². The van der Waals surface area contributed by atoms with Crippen molar-refractivity contribution < 1.29 is 13.9 Å². The van der Waals surface area contributed by atoms with Crippen LogP contribution in [0.15, 0.2) is 45.7 Å². The third-order valence-electron chi connectivity index (χ3n) is 3.73. The number of hydrogen-bond acceptors (Lipinski definition) is 4. The Labute approximate surface area is 141 Å². The number of ether oxygens (including phenoxy) is 1. The fourth-order valence-corrected chi connectivity index (χ4v) is 2.23. The molecule has 0 aliphatic heterocycles. The average molecular weight is 332 g/mol. The van der Waals surface area contributed by atoms with Gasteiger partial charge in [-0.25, -0.2) is 0 Å². The van der Waals surface area contributed by atoms with Crippen molar-refractivity contribution in [2.45, 2.75) is 33.4 Å². The van der Waals surface area contributed by atoms with Gasteiger partial charge in [-0.1, -0.05) is 19.9 Å². The zero-order valence-corrected chi connectivity index (χ0v) is 14.3. The summed E-state index contributed by atoms with van der Waals surface area (Å²) in [6, 6.07) is 8.20. The monoisotopic (exact) mass is 332 g/mol. The lowest BCUT2D eigenvalue weighted by Gasteiger charge is -2.21. The average Bonchev–Trinajstić information content (AvgIpc) is 3.02. The first-order chi connectivity index (χ1) is 11.5. The summed E-state index contributed by atoms with van der Waals surface area (Å²) in [4.78, 5) is 24.0. The Hall–Kier alpha value is -2.34. The normalized spacial score (nSPS) is 12.3. The summed E-state index contributed by atoms with van der Waals surface area (Å²) >= 11 is 0. The first-order valence-electron chi connectivity index (χ1n) is 8.14. The Morgan fingerprint density at radius 2 is 2.08 bits per heavy atom. The fraction of sp³-hybridized carbons (Fsp3) is 0.444. The highest BCUT2D eigenvalue weighted by atomic mass is 16.5. The van der Waals surface area contributed by atoms with E-state index in [1.807, 2.05) is 20.8 Å². The molecule has 6 nitrogen and oxygen atoms in total. The van der Waals surface area contributed by atoms with Gasteiger partial charge >= 0.3 is 0 Å². The summed E-state index contributed by atoms with van der Waals surface area (Å²) in [5, 5.41) is 2.93. The molecule has 1 atom stereocenters. The van der Waals surface area contributed by atoms with Crippen LogP contribution in [0.5, 0.6) is 0 Å². The van der Waals surface area contributed by atoms with Crippen LogP contribution in [-0.4, -0.2) is 29.7 Å². The molecule has 2 heterocycles. The lowest BCUT2D eigenvalue weighted by molar-refractivity contribution is 0.0782. The molecule has 0 aliphatic carbocycles. The van der Waals surface area contributed by atoms with Gasteiger partial charge in [0.2, 0.25) is 0 Å². The van der Waals surface area contributed by atoms with Crippen molar-refractivity contribution in [1.29, 1.82) is 0 Å². The number of amides is 1. The molecule has 6 heteroatoms. The van der Waals surface area contributed by atoms with E-state index >= 15 is 0 Å². The lowest BCUT2D eigenvalue weighted by atomic mass is 10.1. The SMILES string of the molecule is CCOC[C@H](NC(=O)c1ccc(Cn2ccccc2=O)o1)C(C)C. The molecule has 0 radical (unpaired) electrons. The molecule has 2 aromatic rings. The van der Waals surface area contributed by atoms with Crippen molar-refractivity contribution in [3.8, 4) is 0 Å². The molecule has 1 N–H and O–H groups in total. The van der Waals surface area contributed by atoms with Crippen molar-refractivity contribution in [3.63, 3.8) is 0 Å². The smallest absolute Gasteiger partial charge is 0.287 e. The van der Waals surface area contributed by atoms with Gasteiger partial charge in [0.25, 0.3) is 11.5 Å². The van der Waals surface area contributed by atoms with Gasteiger partial charge in [-0.05, 0) is 31.0 Å². The van der Waals surface area contributed by atoms with Gasteiger partial charge in [0, 0.05) is 18.9 Å². The first-order valence-corrected chi connectivity index (χ1v) is 8.14. The predicted molar refractivity (Wildman–Crippen MR) is 91.1 cm³/mol. The molecule has 0 fully saturated rings. The van der Waals surface area contributed by atoms with E-state index in [1.165, 1.54) is 10.6 Å². The van der Waals surface area contributed by atoms with E-state index in [2.05, 4.69) is 5.32 Å². The van der Waals surface area contributed by atoms with Crippen molar-refractivity contribution >= 4 is 5.91 Å². The van der Waals surface area contributed by atoms with E-state index in [-0.39, 0.29) is 29.2 Å². The molecule has 24 heavy (non-hydrogen) atoms. The van der Waals surface area contributed by atoms with Crippen LogP contribution in [0.25, 0.3) is 0 Å². The number of hydrogen-bond donors (Lipinski definition) is 1. The Morgan fingerprint density at radius 1 is 1.29 bits per heavy atom. The summed E-state index contributed by atoms with van der Waals surface area (Å²) < 4.78 is 12.5. The standard InChI is InChI=1S/C18H24N2O4/c1-4-23-12-15(13(2)3)19-18(22)16-9-8-14(24-16)11-20-10-6-5-7-17(20)21/h5-10,13,15H,4,11-12H2,1-3H3,(H,19,22)/t15-/m0/s1. The summed E-state index contributed by atoms with van der Waals surface area (Å²) in [5.41, 5.74) is -0.114. The van der Waals surface area contributed by atoms with E-state index in [0.717, 1.165) is 0 Å². The van der Waals surface area contributed by atoms with E-state index < -0.39 is 0 Å². The second kappa shape index (κ2) is 8.49. The minimum absolute atomic E-state index is 0.0808. The third-order valence-corrected chi connectivity index (χ3v) is 3.73. The maximum absolute atomic E-state index is 12.3. The number of aromatic nitrogens is 1. The molecule has 2 rings (SSSR count). The van der Waals surface area contributed by atoms with Gasteiger partial charge < -0.3 is 19.0 Å². The number of carbonyl (C=O) groups excluding carboxylic acids is 1. The topological polar surface area (TPSA) is 73.5 Å². The summed E-state index contributed by atoms with van der Waals surface area (Å²) in [7, 11) is 0. The predicted octanol–water partition coefficient (Wildman–Crippen LogP) is 2.28. The zero-order chi connectivity index (χ0) is 17.5. The van der Waals surface area contributed by atoms with Crippen LogP contribution in [0, 0.1) is 5.92 Å². The molecule has 0 bridgehead atoms. The third kappa shape index (κ3) is 4.83. The Morgan fingerprint density at radius 3 is 2.75 bits per heavy atom. The van der Waals surface area contributed by atoms with Crippen LogP contribution in [0.2, 0.25) is 0 Å². The maximum atomic E-state index is 12.3. The van der Waals surface area contributed by atoms with Crippen LogP contribution in [0.3, 0.4) is 0 Å². The maximum Gasteiger partial charge on any atom is 0.287 e. The lowest BCUT2D eigenvalue weighted by Crippen LogP contribution is -2.41. The summed E-state index contributed by atoms with van der Waals surface area (Å²) in [5.74, 6) is 0.758. The van der Waals surface area contributed by atoms with Gasteiger partial charge in [-0.15, -0.1) is 0 Å². The highest BCUT2D eigenvalue weighted by Crippen LogP contribution is 2.11. The van der Waals surface area contributed by atoms with Crippen LogP contribution >= 0.6 is 0 Å². The van der Waals surface area contributed by atoms with Crippen LogP contribution in [0.1, 0.15) is 37.1 Å². The van der Waals surface area contributed by atoms with Gasteiger partial charge in [0.15, 0.2) is 5.76 Å². The van der Waals surface area contributed by atoms with Gasteiger partial charge in [0.05, 0.1) is 19.2 Å². The van der Waals surface area contributed by atoms with E-state index in [4.69, 9.17) is 9.15 Å². The number of furan rings is 1. The minimum atomic E-state index is -0.278. The number of carbonyl (C=O) groups is 1. The Balaban J connectivity index is 2.02. The molecule has 130 valence electrons. The van der Waals surface area contributed by atoms with E-state index in [1.54, 1.807) is 30.5 Å². The number of nitrogens with zero attached hydrogens (tertiary/aromatic N) is 1. The molecule has 0 unspecified atom stereocenters. The van der Waals surface area contributed by atoms with Crippen molar-refractivity contribution in [3.05, 3.63) is 58.4 Å². The van der Waals surface area contributed by atoms with Gasteiger partial charge in [-0.3, -0.25) is 9.59 Å². The molecule has 0 aliphatic rings. The summed E-state index contributed by atoms with van der Waals surface area (Å²) in [6.45, 7) is 7.34. The molecule has 2 aromatic heterocycles. The van der Waals surface area contributed by atoms with Crippen LogP contribution in [0.4, 0.5) is 0 Å². The summed E-state index contributed by atoms with van der Waals surface area (Å²) in [6.07, 6.45) is 1.68. The molecule has 0 saturated carbocycles. The van der Waals surface area contributed by atoms with Crippen molar-refractivity contribution in [2.24, 2.45) is 5.92 Å². The second-order valence-electron chi connectivity index (χ2n) is 5.92. The molecule has 1 amide bonds. The minimum Gasteiger partial charge on any atom is -0.454 e. The van der Waals surface area contributed by atoms with Crippen molar-refractivity contribution in [1.82, 2.24) is 9.88 Å². The Kier molecular flexibility index (Phi) is 6.37. The second-order valence-corrected chi connectivity index (χ2v) is 5.92. The number of pyridine rings is 1. The molecular weight excluding hydrogens is 308 g/mol. The highest BCUT2D eigenvalue weighted by molar-refractivity contribution is 5.91. The Bertz CT molecular complexity index is 718. The molecule has 0 spiro atoms. The zero-order valence-electron chi connectivity index (χ0n) is 14.3. The fourth-order valence-electron chi connectivity index (χ4n) is 2.23. The number of rotatable bonds is 8. The largest absolute Gasteiger partial charge is 0.454 e. The quantitative estimate of drug-likeness (QED) is 0.805. The van der Waals surface area contributed by atoms with Crippen LogP contribution < -0.4 is 10.9 Å². The van der Waals surface area contributed by atoms with Gasteiger partial charge in [-0.2, -0.15) is 0 Å². The first kappa shape index (κ1) is 18.0. The van der Waals surface area contributed by atoms with Gasteiger partial charge in [0.1, 0.15) is 5.76 Å². The number of nitrogens with one attached hydrogen (secondary N) is 1. The molecular formula is C18H24N2O4. The highest BCUT2D eigenvalue weighted by Gasteiger charge is 2.19.